The molecule has 226 valence electrons. The van der Waals surface area contributed by atoms with E-state index in [1.54, 1.807) is 0 Å². The topological polar surface area (TPSA) is 3.24 Å². The summed E-state index contributed by atoms with van der Waals surface area (Å²) < 4.78 is 2.62. The van der Waals surface area contributed by atoms with Crippen molar-refractivity contribution < 1.29 is 0 Å². The lowest BCUT2D eigenvalue weighted by atomic mass is 9.95. The van der Waals surface area contributed by atoms with Gasteiger partial charge in [-0.15, -0.1) is 11.3 Å². The van der Waals surface area contributed by atoms with E-state index in [-0.39, 0.29) is 0 Å². The Morgan fingerprint density at radius 2 is 0.833 bits per heavy atom. The van der Waals surface area contributed by atoms with Crippen LogP contribution in [0.1, 0.15) is 0 Å². The molecule has 0 aliphatic carbocycles. The zero-order chi connectivity index (χ0) is 31.9. The number of benzene rings is 8. The van der Waals surface area contributed by atoms with Crippen molar-refractivity contribution in [3.63, 3.8) is 0 Å². The first-order valence-corrected chi connectivity index (χ1v) is 17.2. The van der Waals surface area contributed by atoms with Gasteiger partial charge < -0.3 is 4.90 Å². The lowest BCUT2D eigenvalue weighted by Crippen LogP contribution is -2.09. The highest BCUT2D eigenvalue weighted by molar-refractivity contribution is 7.25. The fourth-order valence-corrected chi connectivity index (χ4v) is 7.95. The second-order valence-corrected chi connectivity index (χ2v) is 13.3. The molecule has 0 N–H and O–H groups in total. The van der Waals surface area contributed by atoms with Crippen LogP contribution in [-0.2, 0) is 0 Å². The van der Waals surface area contributed by atoms with Crippen molar-refractivity contribution in [3.8, 4) is 33.4 Å². The standard InChI is InChI=1S/C46H31NS/c1-2-16-40(17-3-1)47(42-26-27-44-43-18-6-7-19-45(43)48-46(44)31-42)41-24-22-33(23-25-41)35-12-8-13-36(28-35)37-14-9-15-38(30-37)39-21-20-32-10-4-5-11-34(32)29-39/h1-31H. The Morgan fingerprint density at radius 3 is 1.58 bits per heavy atom. The van der Waals surface area contributed by atoms with Crippen molar-refractivity contribution in [2.75, 3.05) is 4.90 Å². The van der Waals surface area contributed by atoms with Gasteiger partial charge in [0.25, 0.3) is 0 Å². The summed E-state index contributed by atoms with van der Waals surface area (Å²) in [5.74, 6) is 0. The zero-order valence-corrected chi connectivity index (χ0v) is 27.1. The molecule has 0 aliphatic rings. The van der Waals surface area contributed by atoms with E-state index >= 15 is 0 Å². The van der Waals surface area contributed by atoms with Gasteiger partial charge >= 0.3 is 0 Å². The molecular weight excluding hydrogens is 599 g/mol. The summed E-state index contributed by atoms with van der Waals surface area (Å²) in [6.45, 7) is 0. The van der Waals surface area contributed by atoms with Gasteiger partial charge in [0.1, 0.15) is 0 Å². The molecule has 1 aromatic heterocycles. The minimum Gasteiger partial charge on any atom is -0.310 e. The average Bonchev–Trinajstić information content (AvgIpc) is 3.54. The second-order valence-electron chi connectivity index (χ2n) is 12.2. The number of anilines is 3. The monoisotopic (exact) mass is 629 g/mol. The van der Waals surface area contributed by atoms with Crippen LogP contribution >= 0.6 is 11.3 Å². The van der Waals surface area contributed by atoms with Crippen molar-refractivity contribution in [1.29, 1.82) is 0 Å². The van der Waals surface area contributed by atoms with Crippen molar-refractivity contribution >= 4 is 59.3 Å². The molecule has 48 heavy (non-hydrogen) atoms. The van der Waals surface area contributed by atoms with Crippen molar-refractivity contribution in [2.24, 2.45) is 0 Å². The molecular formula is C46H31NS. The van der Waals surface area contributed by atoms with E-state index < -0.39 is 0 Å². The van der Waals surface area contributed by atoms with Gasteiger partial charge in [-0.1, -0.05) is 127 Å². The lowest BCUT2D eigenvalue weighted by molar-refractivity contribution is 1.29. The third-order valence-corrected chi connectivity index (χ3v) is 10.4. The zero-order valence-electron chi connectivity index (χ0n) is 26.3. The molecule has 0 amide bonds. The van der Waals surface area contributed by atoms with E-state index in [1.807, 2.05) is 11.3 Å². The first kappa shape index (κ1) is 28.3. The predicted molar refractivity (Wildman–Crippen MR) is 208 cm³/mol. The summed E-state index contributed by atoms with van der Waals surface area (Å²) in [5.41, 5.74) is 10.7. The molecule has 0 saturated heterocycles. The van der Waals surface area contributed by atoms with Gasteiger partial charge in [-0.2, -0.15) is 0 Å². The highest BCUT2D eigenvalue weighted by atomic mass is 32.1. The molecule has 0 unspecified atom stereocenters. The molecule has 9 aromatic rings. The Kier molecular flexibility index (Phi) is 7.07. The summed E-state index contributed by atoms with van der Waals surface area (Å²) in [7, 11) is 0. The van der Waals surface area contributed by atoms with Crippen LogP contribution in [0.25, 0.3) is 64.3 Å². The fraction of sp³-hybridized carbons (Fsp3) is 0. The molecule has 0 spiro atoms. The Balaban J connectivity index is 1.05. The third kappa shape index (κ3) is 5.23. The van der Waals surface area contributed by atoms with E-state index in [0.717, 1.165) is 17.1 Å². The number of rotatable bonds is 6. The first-order chi connectivity index (χ1) is 23.8. The highest BCUT2D eigenvalue weighted by Crippen LogP contribution is 2.41. The first-order valence-electron chi connectivity index (χ1n) is 16.3. The van der Waals surface area contributed by atoms with E-state index in [9.17, 15) is 0 Å². The Labute approximate surface area is 284 Å². The highest BCUT2D eigenvalue weighted by Gasteiger charge is 2.15. The number of thiophene rings is 1. The van der Waals surface area contributed by atoms with Gasteiger partial charge in [0.15, 0.2) is 0 Å². The quantitative estimate of drug-likeness (QED) is 0.177. The fourth-order valence-electron chi connectivity index (χ4n) is 6.81. The maximum atomic E-state index is 2.35. The van der Waals surface area contributed by atoms with Gasteiger partial charge in [0, 0.05) is 37.2 Å². The molecule has 0 aliphatic heterocycles. The summed E-state index contributed by atoms with van der Waals surface area (Å²) >= 11 is 1.86. The molecule has 0 fully saturated rings. The SMILES string of the molecule is c1ccc(N(c2ccc(-c3cccc(-c4cccc(-c5ccc6ccccc6c5)c4)c3)cc2)c2ccc3c(c2)sc2ccccc23)cc1. The van der Waals surface area contributed by atoms with Crippen LogP contribution in [0.2, 0.25) is 0 Å². The third-order valence-electron chi connectivity index (χ3n) is 9.24. The van der Waals surface area contributed by atoms with Crippen LogP contribution in [0.4, 0.5) is 17.1 Å². The van der Waals surface area contributed by atoms with Crippen molar-refractivity contribution in [2.45, 2.75) is 0 Å². The molecule has 0 bridgehead atoms. The molecule has 2 heteroatoms. The summed E-state index contributed by atoms with van der Waals surface area (Å²) in [4.78, 5) is 2.35. The number of hydrogen-bond acceptors (Lipinski definition) is 2. The van der Waals surface area contributed by atoms with E-state index in [1.165, 1.54) is 64.3 Å². The maximum Gasteiger partial charge on any atom is 0.0476 e. The molecule has 0 saturated carbocycles. The number of para-hydroxylation sites is 1. The number of nitrogens with zero attached hydrogens (tertiary/aromatic N) is 1. The van der Waals surface area contributed by atoms with Gasteiger partial charge in [-0.05, 0) is 105 Å². The Morgan fingerprint density at radius 1 is 0.292 bits per heavy atom. The number of hydrogen-bond donors (Lipinski definition) is 0. The summed E-state index contributed by atoms with van der Waals surface area (Å²) in [6, 6.07) is 68.2. The Hall–Kier alpha value is -5.96. The van der Waals surface area contributed by atoms with Crippen molar-refractivity contribution in [1.82, 2.24) is 0 Å². The van der Waals surface area contributed by atoms with Gasteiger partial charge in [0.05, 0.1) is 0 Å². The molecule has 0 atom stereocenters. The molecule has 1 heterocycles. The van der Waals surface area contributed by atoms with Crippen LogP contribution in [0, 0.1) is 0 Å². The lowest BCUT2D eigenvalue weighted by Gasteiger charge is -2.25. The van der Waals surface area contributed by atoms with Gasteiger partial charge in [0.2, 0.25) is 0 Å². The molecule has 9 rings (SSSR count). The largest absolute Gasteiger partial charge is 0.310 e. The van der Waals surface area contributed by atoms with Crippen LogP contribution in [0.5, 0.6) is 0 Å². The van der Waals surface area contributed by atoms with Crippen LogP contribution < -0.4 is 4.90 Å². The predicted octanol–water partition coefficient (Wildman–Crippen LogP) is 13.7. The maximum absolute atomic E-state index is 2.35. The number of fused-ring (bicyclic) bond motifs is 4. The van der Waals surface area contributed by atoms with E-state index in [2.05, 4.69) is 193 Å². The van der Waals surface area contributed by atoms with Gasteiger partial charge in [-0.25, -0.2) is 0 Å². The van der Waals surface area contributed by atoms with Crippen LogP contribution in [0.15, 0.2) is 188 Å². The van der Waals surface area contributed by atoms with Gasteiger partial charge in [-0.3, -0.25) is 0 Å². The minimum atomic E-state index is 1.13. The molecule has 1 nitrogen and oxygen atoms in total. The van der Waals surface area contributed by atoms with Crippen LogP contribution in [0.3, 0.4) is 0 Å². The van der Waals surface area contributed by atoms with Crippen LogP contribution in [-0.4, -0.2) is 0 Å². The summed E-state index contributed by atoms with van der Waals surface area (Å²) in [6.07, 6.45) is 0. The normalized spacial score (nSPS) is 11.3. The van der Waals surface area contributed by atoms with Crippen molar-refractivity contribution in [3.05, 3.63) is 188 Å². The smallest absolute Gasteiger partial charge is 0.0476 e. The molecule has 8 aromatic carbocycles. The molecule has 0 radical (unpaired) electrons. The second kappa shape index (κ2) is 12.0. The average molecular weight is 630 g/mol. The minimum absolute atomic E-state index is 1.13. The summed E-state index contributed by atoms with van der Waals surface area (Å²) in [5, 5.41) is 5.16. The Bertz CT molecular complexity index is 2560. The van der Waals surface area contributed by atoms with E-state index in [0.29, 0.717) is 0 Å². The van der Waals surface area contributed by atoms with E-state index in [4.69, 9.17) is 0 Å².